The third kappa shape index (κ3) is 7.34. The summed E-state index contributed by atoms with van der Waals surface area (Å²) in [6.45, 7) is 7.43. The summed E-state index contributed by atoms with van der Waals surface area (Å²) in [7, 11) is -2.73. The number of methoxy groups -OCH3 is 1. The lowest BCUT2D eigenvalue weighted by molar-refractivity contribution is -0.140. The van der Waals surface area contributed by atoms with Crippen molar-refractivity contribution >= 4 is 39.1 Å². The SMILES string of the molecule is CCNC(=O)[C@@H](CC)N(Cc1cccc(C)c1)C(=O)CN(c1ccc(OC)c(Cl)c1)S(=O)(=O)c1ccc(C)cc1. The number of carbonyl (C=O) groups excluding carboxylic acids is 2. The smallest absolute Gasteiger partial charge is 0.264 e. The van der Waals surface area contributed by atoms with Crippen LogP contribution in [0.4, 0.5) is 5.69 Å². The molecule has 1 atom stereocenters. The fourth-order valence-electron chi connectivity index (χ4n) is 4.40. The number of nitrogens with zero attached hydrogens (tertiary/aromatic N) is 2. The minimum atomic E-state index is -4.19. The van der Waals surface area contributed by atoms with Gasteiger partial charge < -0.3 is 15.0 Å². The van der Waals surface area contributed by atoms with Crippen LogP contribution in [0.2, 0.25) is 5.02 Å². The summed E-state index contributed by atoms with van der Waals surface area (Å²) in [6.07, 6.45) is 0.350. The van der Waals surface area contributed by atoms with Gasteiger partial charge in [0.15, 0.2) is 0 Å². The fraction of sp³-hybridized carbons (Fsp3) is 0.333. The normalized spacial score (nSPS) is 11.9. The van der Waals surface area contributed by atoms with Crippen molar-refractivity contribution in [3.8, 4) is 5.75 Å². The molecule has 0 saturated carbocycles. The van der Waals surface area contributed by atoms with Crippen molar-refractivity contribution in [2.75, 3.05) is 24.5 Å². The topological polar surface area (TPSA) is 96.0 Å². The van der Waals surface area contributed by atoms with Crippen molar-refractivity contribution in [2.45, 2.75) is 51.6 Å². The summed E-state index contributed by atoms with van der Waals surface area (Å²) in [5.41, 5.74) is 2.93. The van der Waals surface area contributed by atoms with Crippen LogP contribution in [0.3, 0.4) is 0 Å². The molecule has 0 heterocycles. The predicted octanol–water partition coefficient (Wildman–Crippen LogP) is 5.10. The molecule has 3 aromatic rings. The van der Waals surface area contributed by atoms with Gasteiger partial charge in [0.2, 0.25) is 11.8 Å². The van der Waals surface area contributed by atoms with Gasteiger partial charge in [-0.25, -0.2) is 8.42 Å². The maximum atomic E-state index is 14.0. The van der Waals surface area contributed by atoms with E-state index in [-0.39, 0.29) is 28.1 Å². The lowest BCUT2D eigenvalue weighted by Crippen LogP contribution is -2.52. The van der Waals surface area contributed by atoms with Crippen LogP contribution in [0, 0.1) is 13.8 Å². The minimum absolute atomic E-state index is 0.0267. The number of nitrogens with one attached hydrogen (secondary N) is 1. The van der Waals surface area contributed by atoms with Crippen LogP contribution in [0.1, 0.15) is 37.0 Å². The van der Waals surface area contributed by atoms with Crippen molar-refractivity contribution in [1.82, 2.24) is 10.2 Å². The average molecular weight is 586 g/mol. The number of sulfonamides is 1. The molecule has 1 N–H and O–H groups in total. The lowest BCUT2D eigenvalue weighted by atomic mass is 10.1. The number of aryl methyl sites for hydroxylation is 2. The third-order valence-electron chi connectivity index (χ3n) is 6.48. The second-order valence-electron chi connectivity index (χ2n) is 9.47. The molecule has 0 aliphatic heterocycles. The molecule has 0 aliphatic carbocycles. The van der Waals surface area contributed by atoms with Gasteiger partial charge in [0, 0.05) is 13.1 Å². The van der Waals surface area contributed by atoms with Crippen LogP contribution in [-0.2, 0) is 26.2 Å². The van der Waals surface area contributed by atoms with Crippen molar-refractivity contribution in [3.05, 3.63) is 88.4 Å². The maximum Gasteiger partial charge on any atom is 0.264 e. The van der Waals surface area contributed by atoms with E-state index in [0.29, 0.717) is 18.7 Å². The van der Waals surface area contributed by atoms with Crippen LogP contribution in [0.25, 0.3) is 0 Å². The maximum absolute atomic E-state index is 14.0. The van der Waals surface area contributed by atoms with E-state index in [1.165, 1.54) is 36.3 Å². The van der Waals surface area contributed by atoms with Gasteiger partial charge in [0.05, 0.1) is 22.7 Å². The van der Waals surface area contributed by atoms with Crippen LogP contribution < -0.4 is 14.4 Å². The Balaban J connectivity index is 2.10. The highest BCUT2D eigenvalue weighted by atomic mass is 35.5. The molecule has 40 heavy (non-hydrogen) atoms. The van der Waals surface area contributed by atoms with E-state index in [9.17, 15) is 18.0 Å². The van der Waals surface area contributed by atoms with Gasteiger partial charge in [0.25, 0.3) is 10.0 Å². The number of benzene rings is 3. The highest BCUT2D eigenvalue weighted by Crippen LogP contribution is 2.32. The van der Waals surface area contributed by atoms with E-state index >= 15 is 0 Å². The van der Waals surface area contributed by atoms with Gasteiger partial charge in [-0.1, -0.05) is 66.0 Å². The summed E-state index contributed by atoms with van der Waals surface area (Å²) < 4.78 is 34.2. The van der Waals surface area contributed by atoms with E-state index < -0.39 is 28.5 Å². The summed E-state index contributed by atoms with van der Waals surface area (Å²) in [5.74, 6) is -0.457. The van der Waals surface area contributed by atoms with Gasteiger partial charge >= 0.3 is 0 Å². The second kappa shape index (κ2) is 13.7. The fourth-order valence-corrected chi connectivity index (χ4v) is 6.05. The summed E-state index contributed by atoms with van der Waals surface area (Å²) >= 11 is 6.37. The molecular formula is C30H36ClN3O5S. The number of halogens is 1. The van der Waals surface area contributed by atoms with Crippen LogP contribution >= 0.6 is 11.6 Å². The summed E-state index contributed by atoms with van der Waals surface area (Å²) in [6, 6.07) is 17.8. The number of amides is 2. The first-order valence-electron chi connectivity index (χ1n) is 13.1. The van der Waals surface area contributed by atoms with E-state index in [1.54, 1.807) is 25.1 Å². The molecule has 10 heteroatoms. The van der Waals surface area contributed by atoms with Crippen molar-refractivity contribution < 1.29 is 22.7 Å². The number of hydrogen-bond donors (Lipinski definition) is 1. The quantitative estimate of drug-likeness (QED) is 0.319. The van der Waals surface area contributed by atoms with E-state index in [2.05, 4.69) is 5.32 Å². The van der Waals surface area contributed by atoms with Gasteiger partial charge in [0.1, 0.15) is 18.3 Å². The number of likely N-dealkylation sites (N-methyl/N-ethyl adjacent to an activating group) is 1. The molecule has 2 amide bonds. The molecule has 214 valence electrons. The highest BCUT2D eigenvalue weighted by molar-refractivity contribution is 7.92. The van der Waals surface area contributed by atoms with Gasteiger partial charge in [-0.05, 0) is 63.1 Å². The Morgan fingerprint density at radius 2 is 1.68 bits per heavy atom. The Morgan fingerprint density at radius 3 is 2.25 bits per heavy atom. The van der Waals surface area contributed by atoms with Gasteiger partial charge in [-0.3, -0.25) is 13.9 Å². The van der Waals surface area contributed by atoms with Gasteiger partial charge in [-0.15, -0.1) is 0 Å². The number of anilines is 1. The van der Waals surface area contributed by atoms with Gasteiger partial charge in [-0.2, -0.15) is 0 Å². The molecule has 0 bridgehead atoms. The Bertz CT molecular complexity index is 1440. The summed E-state index contributed by atoms with van der Waals surface area (Å²) in [5, 5.41) is 3.00. The Hall–Kier alpha value is -3.56. The molecule has 8 nitrogen and oxygen atoms in total. The van der Waals surface area contributed by atoms with Crippen LogP contribution in [0.15, 0.2) is 71.6 Å². The van der Waals surface area contributed by atoms with Crippen molar-refractivity contribution in [3.63, 3.8) is 0 Å². The van der Waals surface area contributed by atoms with Crippen molar-refractivity contribution in [2.24, 2.45) is 0 Å². The van der Waals surface area contributed by atoms with E-state index in [4.69, 9.17) is 16.3 Å². The average Bonchev–Trinajstić information content (AvgIpc) is 2.91. The predicted molar refractivity (Wildman–Crippen MR) is 158 cm³/mol. The molecule has 0 radical (unpaired) electrons. The molecule has 3 rings (SSSR count). The minimum Gasteiger partial charge on any atom is -0.495 e. The molecule has 0 aromatic heterocycles. The molecule has 0 fully saturated rings. The standard InChI is InChI=1S/C30H36ClN3O5S/c1-6-27(30(36)32-7-2)33(19-23-10-8-9-22(4)17-23)29(35)20-34(24-13-16-28(39-5)26(31)18-24)40(37,38)25-14-11-21(3)12-15-25/h8-18,27H,6-7,19-20H2,1-5H3,(H,32,36)/t27-/m1/s1. The first-order chi connectivity index (χ1) is 19.0. The Morgan fingerprint density at radius 1 is 0.975 bits per heavy atom. The highest BCUT2D eigenvalue weighted by Gasteiger charge is 2.33. The monoisotopic (exact) mass is 585 g/mol. The number of carbonyl (C=O) groups is 2. The summed E-state index contributed by atoms with van der Waals surface area (Å²) in [4.78, 5) is 28.6. The zero-order valence-electron chi connectivity index (χ0n) is 23.5. The second-order valence-corrected chi connectivity index (χ2v) is 11.7. The van der Waals surface area contributed by atoms with Crippen LogP contribution in [-0.4, -0.2) is 51.4 Å². The Kier molecular flexibility index (Phi) is 10.6. The van der Waals surface area contributed by atoms with Crippen LogP contribution in [0.5, 0.6) is 5.75 Å². The molecular weight excluding hydrogens is 550 g/mol. The number of ether oxygens (including phenoxy) is 1. The molecule has 0 unspecified atom stereocenters. The molecule has 3 aromatic carbocycles. The first-order valence-corrected chi connectivity index (χ1v) is 14.9. The number of hydrogen-bond acceptors (Lipinski definition) is 5. The third-order valence-corrected chi connectivity index (χ3v) is 8.57. The Labute approximate surface area is 241 Å². The lowest BCUT2D eigenvalue weighted by Gasteiger charge is -2.33. The molecule has 0 aliphatic rings. The van der Waals surface area contributed by atoms with E-state index in [0.717, 1.165) is 21.0 Å². The zero-order chi connectivity index (χ0) is 29.4. The zero-order valence-corrected chi connectivity index (χ0v) is 25.1. The first kappa shape index (κ1) is 31.0. The molecule has 0 saturated heterocycles. The largest absolute Gasteiger partial charge is 0.495 e. The van der Waals surface area contributed by atoms with E-state index in [1.807, 2.05) is 45.0 Å². The molecule has 0 spiro atoms. The van der Waals surface area contributed by atoms with Crippen molar-refractivity contribution in [1.29, 1.82) is 0 Å². The number of rotatable bonds is 12.